The van der Waals surface area contributed by atoms with Gasteiger partial charge >= 0.3 is 5.97 Å². The van der Waals surface area contributed by atoms with Crippen molar-refractivity contribution < 1.29 is 14.3 Å². The first-order chi connectivity index (χ1) is 14.4. The van der Waals surface area contributed by atoms with Crippen molar-refractivity contribution in [1.82, 2.24) is 10.2 Å². The average molecular weight is 426 g/mol. The summed E-state index contributed by atoms with van der Waals surface area (Å²) in [4.78, 5) is 32.2. The quantitative estimate of drug-likeness (QED) is 0.695. The van der Waals surface area contributed by atoms with E-state index in [0.29, 0.717) is 18.0 Å². The maximum atomic E-state index is 12.9. The van der Waals surface area contributed by atoms with Crippen LogP contribution < -0.4 is 5.32 Å². The van der Waals surface area contributed by atoms with Crippen LogP contribution in [-0.2, 0) is 14.3 Å². The van der Waals surface area contributed by atoms with Crippen LogP contribution in [0, 0.1) is 13.8 Å². The number of amides is 1. The molecule has 0 spiro atoms. The Kier molecular flexibility index (Phi) is 5.73. The number of nitrogens with zero attached hydrogens (tertiary/aromatic N) is 2. The summed E-state index contributed by atoms with van der Waals surface area (Å²) in [5.74, 6) is -0.367. The monoisotopic (exact) mass is 425 g/mol. The molecule has 2 aliphatic heterocycles. The summed E-state index contributed by atoms with van der Waals surface area (Å²) in [5, 5.41) is 5.84. The second-order valence-electron chi connectivity index (χ2n) is 7.98. The molecule has 1 saturated carbocycles. The Balaban J connectivity index is 1.77. The highest BCUT2D eigenvalue weighted by Crippen LogP contribution is 2.46. The number of allylic oxidation sites excluding steroid dienone is 1. The molecule has 1 fully saturated rings. The first-order valence-electron chi connectivity index (χ1n) is 10.3. The van der Waals surface area contributed by atoms with Gasteiger partial charge in [0.05, 0.1) is 30.8 Å². The number of thioether (sulfide) groups is 1. The molecule has 1 amide bonds. The Morgan fingerprint density at radius 3 is 2.70 bits per heavy atom. The van der Waals surface area contributed by atoms with E-state index >= 15 is 0 Å². The van der Waals surface area contributed by atoms with E-state index in [0.717, 1.165) is 46.1 Å². The maximum Gasteiger partial charge on any atom is 0.338 e. The predicted molar refractivity (Wildman–Crippen MR) is 119 cm³/mol. The van der Waals surface area contributed by atoms with Gasteiger partial charge in [-0.05, 0) is 49.6 Å². The summed E-state index contributed by atoms with van der Waals surface area (Å²) in [6.07, 6.45) is 2.99. The van der Waals surface area contributed by atoms with Crippen LogP contribution >= 0.6 is 11.8 Å². The standard InChI is InChI=1S/C23H27N3O3S/c1-5-18-20(22(28)29-4)21(17-9-6-13(2)10-14(17)3)26-16(12-30-23(26)25-18)11-19(27)24-15-7-8-15/h6,9-10,12,15,21H,5,7-8,11H2,1-4H3,(H,24,27). The number of amidine groups is 1. The number of benzene rings is 1. The summed E-state index contributed by atoms with van der Waals surface area (Å²) in [5.41, 5.74) is 5.43. The Morgan fingerprint density at radius 1 is 1.30 bits per heavy atom. The number of carbonyl (C=O) groups is 2. The number of rotatable bonds is 6. The van der Waals surface area contributed by atoms with Crippen molar-refractivity contribution in [2.75, 3.05) is 7.11 Å². The Labute approximate surface area is 181 Å². The molecular weight excluding hydrogens is 398 g/mol. The topological polar surface area (TPSA) is 71.0 Å². The van der Waals surface area contributed by atoms with Gasteiger partial charge in [0, 0.05) is 11.7 Å². The maximum absolute atomic E-state index is 12.9. The van der Waals surface area contributed by atoms with Gasteiger partial charge in [-0.2, -0.15) is 0 Å². The zero-order valence-corrected chi connectivity index (χ0v) is 18.6. The molecule has 1 unspecified atom stereocenters. The molecule has 0 bridgehead atoms. The third-order valence-corrected chi connectivity index (χ3v) is 6.52. The minimum absolute atomic E-state index is 0.00913. The van der Waals surface area contributed by atoms with E-state index in [1.165, 1.54) is 18.9 Å². The molecule has 3 aliphatic rings. The fourth-order valence-corrected chi connectivity index (χ4v) is 4.95. The van der Waals surface area contributed by atoms with Crippen LogP contribution in [0.15, 0.2) is 45.6 Å². The highest BCUT2D eigenvalue weighted by atomic mass is 32.2. The van der Waals surface area contributed by atoms with Gasteiger partial charge < -0.3 is 15.0 Å². The number of hydrogen-bond acceptors (Lipinski definition) is 6. The largest absolute Gasteiger partial charge is 0.466 e. The molecule has 7 heteroatoms. The molecule has 0 saturated heterocycles. The molecule has 1 aromatic rings. The molecule has 1 atom stereocenters. The van der Waals surface area contributed by atoms with Gasteiger partial charge in [-0.3, -0.25) is 4.79 Å². The van der Waals surface area contributed by atoms with Crippen molar-refractivity contribution in [1.29, 1.82) is 0 Å². The molecule has 1 N–H and O–H groups in total. The van der Waals surface area contributed by atoms with Crippen LogP contribution in [0.25, 0.3) is 0 Å². The normalized spacial score (nSPS) is 20.5. The zero-order chi connectivity index (χ0) is 21.4. The van der Waals surface area contributed by atoms with Crippen molar-refractivity contribution in [3.63, 3.8) is 0 Å². The second-order valence-corrected chi connectivity index (χ2v) is 8.81. The number of ether oxygens (including phenoxy) is 1. The number of aryl methyl sites for hydroxylation is 2. The third kappa shape index (κ3) is 3.90. The van der Waals surface area contributed by atoms with Crippen LogP contribution in [-0.4, -0.2) is 35.1 Å². The molecule has 2 heterocycles. The van der Waals surface area contributed by atoms with E-state index in [2.05, 4.69) is 37.4 Å². The highest BCUT2D eigenvalue weighted by Gasteiger charge is 2.42. The van der Waals surface area contributed by atoms with Crippen molar-refractivity contribution in [2.24, 2.45) is 4.99 Å². The van der Waals surface area contributed by atoms with Crippen LogP contribution in [0.2, 0.25) is 0 Å². The molecular formula is C23H27N3O3S. The zero-order valence-electron chi connectivity index (χ0n) is 17.8. The number of fused-ring (bicyclic) bond motifs is 1. The van der Waals surface area contributed by atoms with E-state index in [-0.39, 0.29) is 24.3 Å². The SMILES string of the molecule is CCC1=C(C(=O)OC)C(c2ccc(C)cc2C)N2C(CC(=O)NC3CC3)=CSC2=N1. The van der Waals surface area contributed by atoms with Crippen molar-refractivity contribution >= 4 is 28.8 Å². The lowest BCUT2D eigenvalue weighted by Gasteiger charge is -2.37. The summed E-state index contributed by atoms with van der Waals surface area (Å²) in [7, 11) is 1.40. The third-order valence-electron chi connectivity index (χ3n) is 5.63. The van der Waals surface area contributed by atoms with Gasteiger partial charge in [0.15, 0.2) is 5.17 Å². The minimum Gasteiger partial charge on any atom is -0.466 e. The lowest BCUT2D eigenvalue weighted by Crippen LogP contribution is -2.38. The Morgan fingerprint density at radius 2 is 2.07 bits per heavy atom. The molecule has 0 aromatic heterocycles. The van der Waals surface area contributed by atoms with E-state index < -0.39 is 0 Å². The van der Waals surface area contributed by atoms with Crippen molar-refractivity contribution in [3.8, 4) is 0 Å². The molecule has 6 nitrogen and oxygen atoms in total. The minimum atomic E-state index is -0.377. The molecule has 4 rings (SSSR count). The number of carbonyl (C=O) groups excluding carboxylic acids is 2. The summed E-state index contributed by atoms with van der Waals surface area (Å²) >= 11 is 1.51. The van der Waals surface area contributed by atoms with E-state index in [1.807, 2.05) is 17.2 Å². The lowest BCUT2D eigenvalue weighted by atomic mass is 9.89. The first kappa shape index (κ1) is 20.7. The average Bonchev–Trinajstić information content (AvgIpc) is 3.44. The fourth-order valence-electron chi connectivity index (χ4n) is 4.01. The number of hydrogen-bond donors (Lipinski definition) is 1. The van der Waals surface area contributed by atoms with Gasteiger partial charge in [0.25, 0.3) is 0 Å². The van der Waals surface area contributed by atoms with Crippen LogP contribution in [0.1, 0.15) is 55.3 Å². The van der Waals surface area contributed by atoms with Gasteiger partial charge in [-0.15, -0.1) is 0 Å². The first-order valence-corrected chi connectivity index (χ1v) is 11.2. The molecule has 0 radical (unpaired) electrons. The lowest BCUT2D eigenvalue weighted by molar-refractivity contribution is -0.136. The fraction of sp³-hybridized carbons (Fsp3) is 0.435. The second kappa shape index (κ2) is 8.30. The van der Waals surface area contributed by atoms with Crippen LogP contribution in [0.3, 0.4) is 0 Å². The summed E-state index contributed by atoms with van der Waals surface area (Å²) in [6, 6.07) is 6.19. The smallest absolute Gasteiger partial charge is 0.338 e. The Bertz CT molecular complexity index is 991. The summed E-state index contributed by atoms with van der Waals surface area (Å²) < 4.78 is 5.16. The van der Waals surface area contributed by atoms with Crippen molar-refractivity contribution in [2.45, 2.75) is 58.5 Å². The van der Waals surface area contributed by atoms with Gasteiger partial charge in [-0.1, -0.05) is 42.4 Å². The van der Waals surface area contributed by atoms with Gasteiger partial charge in [0.1, 0.15) is 0 Å². The van der Waals surface area contributed by atoms with Crippen LogP contribution in [0.5, 0.6) is 0 Å². The number of aliphatic imine (C=N–C) groups is 1. The van der Waals surface area contributed by atoms with Gasteiger partial charge in [0.2, 0.25) is 5.91 Å². The molecule has 30 heavy (non-hydrogen) atoms. The van der Waals surface area contributed by atoms with E-state index in [1.54, 1.807) is 0 Å². The highest BCUT2D eigenvalue weighted by molar-refractivity contribution is 8.16. The number of methoxy groups -OCH3 is 1. The number of nitrogens with one attached hydrogen (secondary N) is 1. The van der Waals surface area contributed by atoms with Crippen LogP contribution in [0.4, 0.5) is 0 Å². The van der Waals surface area contributed by atoms with E-state index in [9.17, 15) is 9.59 Å². The molecule has 158 valence electrons. The van der Waals surface area contributed by atoms with E-state index in [4.69, 9.17) is 9.73 Å². The summed E-state index contributed by atoms with van der Waals surface area (Å²) in [6.45, 7) is 6.10. The predicted octanol–water partition coefficient (Wildman–Crippen LogP) is 4.11. The Hall–Kier alpha value is -2.54. The van der Waals surface area contributed by atoms with Gasteiger partial charge in [-0.25, -0.2) is 9.79 Å². The molecule has 1 aromatic carbocycles. The molecule has 1 aliphatic carbocycles. The number of esters is 1. The van der Waals surface area contributed by atoms with Crippen molar-refractivity contribution in [3.05, 3.63) is 57.3 Å².